The fourth-order valence-corrected chi connectivity index (χ4v) is 2.55. The molecule has 1 rings (SSSR count). The topological polar surface area (TPSA) is 51.2 Å². The zero-order valence-corrected chi connectivity index (χ0v) is 11.9. The van der Waals surface area contributed by atoms with E-state index >= 15 is 0 Å². The van der Waals surface area contributed by atoms with E-state index in [-0.39, 0.29) is 17.3 Å². The third-order valence-electron chi connectivity index (χ3n) is 2.67. The van der Waals surface area contributed by atoms with Gasteiger partial charge in [0.05, 0.1) is 5.75 Å². The molecule has 0 bridgehead atoms. The molecule has 0 amide bonds. The number of carbonyl (C=O) groups excluding carboxylic acids is 1. The summed E-state index contributed by atoms with van der Waals surface area (Å²) in [6.07, 6.45) is 1.05. The Balaban J connectivity index is 2.36. The lowest BCUT2D eigenvalue weighted by Gasteiger charge is -2.02. The van der Waals surface area contributed by atoms with E-state index < -0.39 is 9.84 Å². The first-order chi connectivity index (χ1) is 8.43. The molecule has 0 aromatic heterocycles. The molecule has 0 N–H and O–H groups in total. The van der Waals surface area contributed by atoms with Crippen LogP contribution in [0.25, 0.3) is 0 Å². The van der Waals surface area contributed by atoms with Crippen LogP contribution >= 0.6 is 11.6 Å². The third kappa shape index (κ3) is 5.65. The molecule has 5 heteroatoms. The van der Waals surface area contributed by atoms with E-state index in [2.05, 4.69) is 0 Å². The van der Waals surface area contributed by atoms with Gasteiger partial charge in [0, 0.05) is 23.6 Å². The van der Waals surface area contributed by atoms with Crippen molar-refractivity contribution in [2.45, 2.75) is 26.2 Å². The van der Waals surface area contributed by atoms with Gasteiger partial charge in [-0.3, -0.25) is 4.79 Å². The average Bonchev–Trinajstić information content (AvgIpc) is 2.32. The molecule has 0 atom stereocenters. The normalized spacial score (nSPS) is 11.4. The lowest BCUT2D eigenvalue weighted by Crippen LogP contribution is -2.11. The van der Waals surface area contributed by atoms with Gasteiger partial charge in [0.15, 0.2) is 0 Å². The highest BCUT2D eigenvalue weighted by molar-refractivity contribution is 7.91. The van der Waals surface area contributed by atoms with Crippen molar-refractivity contribution < 1.29 is 13.2 Å². The molecule has 0 saturated carbocycles. The maximum absolute atomic E-state index is 11.6. The fraction of sp³-hybridized carbons (Fsp3) is 0.462. The Morgan fingerprint density at radius 3 is 2.39 bits per heavy atom. The predicted molar refractivity (Wildman–Crippen MR) is 73.7 cm³/mol. The summed E-state index contributed by atoms with van der Waals surface area (Å²) in [5.74, 6) is 0.289. The van der Waals surface area contributed by atoms with Crippen LogP contribution < -0.4 is 0 Å². The van der Waals surface area contributed by atoms with Gasteiger partial charge in [0.2, 0.25) is 0 Å². The molecule has 0 radical (unpaired) electrons. The van der Waals surface area contributed by atoms with E-state index in [1.165, 1.54) is 0 Å². The number of halogens is 1. The van der Waals surface area contributed by atoms with Crippen LogP contribution in [0.4, 0.5) is 0 Å². The second-order valence-electron chi connectivity index (χ2n) is 4.18. The molecule has 1 aromatic carbocycles. The number of sulfone groups is 1. The first kappa shape index (κ1) is 15.2. The Labute approximate surface area is 113 Å². The number of carbonyl (C=O) groups is 1. The molecular weight excluding hydrogens is 272 g/mol. The summed E-state index contributed by atoms with van der Waals surface area (Å²) in [7, 11) is -2.96. The molecule has 0 aliphatic rings. The molecule has 0 saturated heterocycles. The van der Waals surface area contributed by atoms with Crippen LogP contribution in [0.5, 0.6) is 0 Å². The summed E-state index contributed by atoms with van der Waals surface area (Å²) < 4.78 is 22.5. The van der Waals surface area contributed by atoms with Crippen LogP contribution in [0.2, 0.25) is 5.02 Å². The largest absolute Gasteiger partial charge is 0.299 e. The highest BCUT2D eigenvalue weighted by Gasteiger charge is 2.09. The van der Waals surface area contributed by atoms with Crippen molar-refractivity contribution in [1.29, 1.82) is 0 Å². The van der Waals surface area contributed by atoms with Gasteiger partial charge >= 0.3 is 0 Å². The number of benzene rings is 1. The number of hydrogen-bond acceptors (Lipinski definition) is 3. The van der Waals surface area contributed by atoms with Crippen molar-refractivity contribution in [1.82, 2.24) is 0 Å². The number of hydrogen-bond donors (Lipinski definition) is 0. The summed E-state index contributed by atoms with van der Waals surface area (Å²) in [6, 6.07) is 7.10. The molecule has 3 nitrogen and oxygen atoms in total. The van der Waals surface area contributed by atoms with Gasteiger partial charge < -0.3 is 0 Å². The van der Waals surface area contributed by atoms with Crippen molar-refractivity contribution in [2.24, 2.45) is 0 Å². The quantitative estimate of drug-likeness (QED) is 0.775. The summed E-state index contributed by atoms with van der Waals surface area (Å²) >= 11 is 5.75. The average molecular weight is 289 g/mol. The van der Waals surface area contributed by atoms with Gasteiger partial charge in [-0.15, -0.1) is 0 Å². The second kappa shape index (κ2) is 6.90. The maximum atomic E-state index is 11.6. The Morgan fingerprint density at radius 1 is 1.22 bits per heavy atom. The molecule has 0 spiro atoms. The van der Waals surface area contributed by atoms with Crippen molar-refractivity contribution in [3.8, 4) is 0 Å². The number of rotatable bonds is 7. The van der Waals surface area contributed by atoms with Crippen molar-refractivity contribution in [3.63, 3.8) is 0 Å². The first-order valence-electron chi connectivity index (χ1n) is 5.89. The van der Waals surface area contributed by atoms with Gasteiger partial charge in [-0.25, -0.2) is 8.42 Å². The Hall–Kier alpha value is -0.870. The van der Waals surface area contributed by atoms with Gasteiger partial charge in [-0.2, -0.15) is 0 Å². The van der Waals surface area contributed by atoms with Gasteiger partial charge in [0.25, 0.3) is 0 Å². The molecule has 0 unspecified atom stereocenters. The minimum absolute atomic E-state index is 0.0589. The monoisotopic (exact) mass is 288 g/mol. The SMILES string of the molecule is CCS(=O)(=O)CCCC(=O)Cc1ccc(Cl)cc1. The van der Waals surface area contributed by atoms with Gasteiger partial charge in [-0.1, -0.05) is 30.7 Å². The van der Waals surface area contributed by atoms with Gasteiger partial charge in [-0.05, 0) is 24.1 Å². The van der Waals surface area contributed by atoms with E-state index in [1.54, 1.807) is 19.1 Å². The molecule has 0 aliphatic carbocycles. The van der Waals surface area contributed by atoms with Crippen molar-refractivity contribution in [2.75, 3.05) is 11.5 Å². The molecule has 100 valence electrons. The predicted octanol–water partition coefficient (Wildman–Crippen LogP) is 2.67. The molecule has 0 aliphatic heterocycles. The standard InChI is InChI=1S/C13H17ClO3S/c1-2-18(16,17)9-3-4-13(15)10-11-5-7-12(14)8-6-11/h5-8H,2-4,9-10H2,1H3. The number of Topliss-reactive ketones (excluding diaryl/α,β-unsaturated/α-hetero) is 1. The van der Waals surface area contributed by atoms with Crippen molar-refractivity contribution in [3.05, 3.63) is 34.9 Å². The number of ketones is 1. The van der Waals surface area contributed by atoms with Crippen LogP contribution in [0.1, 0.15) is 25.3 Å². The molecular formula is C13H17ClO3S. The summed E-state index contributed by atoms with van der Waals surface area (Å²) in [5.41, 5.74) is 0.905. The maximum Gasteiger partial charge on any atom is 0.150 e. The lowest BCUT2D eigenvalue weighted by molar-refractivity contribution is -0.118. The first-order valence-corrected chi connectivity index (χ1v) is 8.09. The smallest absolute Gasteiger partial charge is 0.150 e. The minimum atomic E-state index is -2.96. The van der Waals surface area contributed by atoms with Gasteiger partial charge in [0.1, 0.15) is 15.6 Å². The fourth-order valence-electron chi connectivity index (χ4n) is 1.55. The van der Waals surface area contributed by atoms with Crippen LogP contribution in [-0.2, 0) is 21.1 Å². The summed E-state index contributed by atoms with van der Waals surface area (Å²) in [6.45, 7) is 1.62. The minimum Gasteiger partial charge on any atom is -0.299 e. The van der Waals surface area contributed by atoms with E-state index in [4.69, 9.17) is 11.6 Å². The van der Waals surface area contributed by atoms with E-state index in [0.29, 0.717) is 24.3 Å². The highest BCUT2D eigenvalue weighted by Crippen LogP contribution is 2.11. The molecule has 0 heterocycles. The van der Waals surface area contributed by atoms with E-state index in [9.17, 15) is 13.2 Å². The summed E-state index contributed by atoms with van der Waals surface area (Å²) in [4.78, 5) is 11.6. The van der Waals surface area contributed by atoms with Crippen molar-refractivity contribution >= 4 is 27.2 Å². The lowest BCUT2D eigenvalue weighted by atomic mass is 10.1. The zero-order chi connectivity index (χ0) is 13.6. The van der Waals surface area contributed by atoms with Crippen LogP contribution in [0.15, 0.2) is 24.3 Å². The van der Waals surface area contributed by atoms with E-state index in [0.717, 1.165) is 5.56 Å². The van der Waals surface area contributed by atoms with Crippen LogP contribution in [-0.4, -0.2) is 25.7 Å². The Kier molecular flexibility index (Phi) is 5.82. The van der Waals surface area contributed by atoms with E-state index in [1.807, 2.05) is 12.1 Å². The summed E-state index contributed by atoms with van der Waals surface area (Å²) in [5, 5.41) is 0.639. The highest BCUT2D eigenvalue weighted by atomic mass is 35.5. The van der Waals surface area contributed by atoms with Crippen LogP contribution in [0.3, 0.4) is 0 Å². The third-order valence-corrected chi connectivity index (χ3v) is 4.71. The second-order valence-corrected chi connectivity index (χ2v) is 7.09. The molecule has 0 fully saturated rings. The zero-order valence-electron chi connectivity index (χ0n) is 10.4. The Morgan fingerprint density at radius 2 is 1.83 bits per heavy atom. The Bertz CT molecular complexity index is 491. The van der Waals surface area contributed by atoms with Crippen LogP contribution in [0, 0.1) is 0 Å². The molecule has 1 aromatic rings. The molecule has 18 heavy (non-hydrogen) atoms.